The number of piperidine rings is 1. The van der Waals surface area contributed by atoms with E-state index in [1.807, 2.05) is 6.07 Å². The number of piperazine rings is 1. The molecule has 7 nitrogen and oxygen atoms in total. The number of halogens is 1. The largest absolute Gasteiger partial charge is 0.352 e. The first-order valence-electron chi connectivity index (χ1n) is 10.6. The van der Waals surface area contributed by atoms with E-state index in [4.69, 9.17) is 0 Å². The highest BCUT2D eigenvalue weighted by molar-refractivity contribution is 9.10. The van der Waals surface area contributed by atoms with Gasteiger partial charge in [0.05, 0.1) is 4.90 Å². The van der Waals surface area contributed by atoms with Crippen molar-refractivity contribution < 1.29 is 8.42 Å². The van der Waals surface area contributed by atoms with Crippen molar-refractivity contribution in [1.82, 2.24) is 14.5 Å². The van der Waals surface area contributed by atoms with Crippen LogP contribution in [0.15, 0.2) is 45.8 Å². The van der Waals surface area contributed by atoms with Gasteiger partial charge in [0.2, 0.25) is 10.0 Å². The average Bonchev–Trinajstić information content (AvgIpc) is 2.79. The van der Waals surface area contributed by atoms with E-state index >= 15 is 0 Å². The van der Waals surface area contributed by atoms with Crippen molar-refractivity contribution >= 4 is 37.6 Å². The molecule has 2 aromatic rings. The first-order valence-corrected chi connectivity index (χ1v) is 12.8. The summed E-state index contributed by atoms with van der Waals surface area (Å²) < 4.78 is 28.2. The lowest BCUT2D eigenvalue weighted by Crippen LogP contribution is -2.49. The van der Waals surface area contributed by atoms with Crippen LogP contribution in [0.2, 0.25) is 0 Å². The van der Waals surface area contributed by atoms with Gasteiger partial charge in [-0.2, -0.15) is 4.31 Å². The molecule has 2 fully saturated rings. The monoisotopic (exact) mass is 493 g/mol. The topological polar surface area (TPSA) is 69.6 Å². The van der Waals surface area contributed by atoms with Crippen molar-refractivity contribution in [3.63, 3.8) is 0 Å². The Morgan fingerprint density at radius 1 is 0.933 bits per heavy atom. The molecule has 9 heteroatoms. The molecule has 0 bridgehead atoms. The highest BCUT2D eigenvalue weighted by Crippen LogP contribution is 2.26. The lowest BCUT2D eigenvalue weighted by Gasteiger charge is -2.36. The third-order valence-corrected chi connectivity index (χ3v) is 8.48. The Bertz CT molecular complexity index is 944. The maximum Gasteiger partial charge on any atom is 0.243 e. The number of nitrogens with zero attached hydrogens (tertiary/aromatic N) is 5. The Hall–Kier alpha value is -1.71. The third kappa shape index (κ3) is 4.48. The van der Waals surface area contributed by atoms with Gasteiger partial charge < -0.3 is 9.80 Å². The lowest BCUT2D eigenvalue weighted by molar-refractivity contribution is 0.383. The second-order valence-corrected chi connectivity index (χ2v) is 10.7. The molecule has 2 saturated heterocycles. The summed E-state index contributed by atoms with van der Waals surface area (Å²) in [6, 6.07) is 11.4. The van der Waals surface area contributed by atoms with Gasteiger partial charge in [-0.1, -0.05) is 22.9 Å². The van der Waals surface area contributed by atoms with Crippen LogP contribution in [-0.4, -0.2) is 61.7 Å². The molecule has 1 aromatic heterocycles. The summed E-state index contributed by atoms with van der Waals surface area (Å²) in [5.41, 5.74) is 0. The predicted molar refractivity (Wildman–Crippen MR) is 122 cm³/mol. The fourth-order valence-corrected chi connectivity index (χ4v) is 5.97. The van der Waals surface area contributed by atoms with Gasteiger partial charge in [0.1, 0.15) is 0 Å². The summed E-state index contributed by atoms with van der Waals surface area (Å²) in [6.45, 7) is 5.35. The van der Waals surface area contributed by atoms with Crippen LogP contribution in [0.4, 0.5) is 11.6 Å². The van der Waals surface area contributed by atoms with Gasteiger partial charge in [-0.3, -0.25) is 0 Å². The van der Waals surface area contributed by atoms with E-state index < -0.39 is 10.0 Å². The normalized spacial score (nSPS) is 21.1. The van der Waals surface area contributed by atoms with Gasteiger partial charge in [-0.15, -0.1) is 10.2 Å². The molecule has 1 aromatic carbocycles. The second kappa shape index (κ2) is 9.20. The summed E-state index contributed by atoms with van der Waals surface area (Å²) in [5, 5.41) is 8.96. The van der Waals surface area contributed by atoms with E-state index in [1.54, 1.807) is 28.6 Å². The van der Waals surface area contributed by atoms with Gasteiger partial charge in [0.25, 0.3) is 0 Å². The van der Waals surface area contributed by atoms with Crippen LogP contribution in [0.5, 0.6) is 0 Å². The SMILES string of the molecule is CCC1CCCCN1c1ccc(N2CCN(S(=O)(=O)c3ccc(Br)cc3)CC2)nn1. The fourth-order valence-electron chi connectivity index (χ4n) is 4.28. The molecule has 0 spiro atoms. The molecule has 162 valence electrons. The molecule has 2 aliphatic heterocycles. The summed E-state index contributed by atoms with van der Waals surface area (Å²) in [4.78, 5) is 4.82. The van der Waals surface area contributed by atoms with Crippen LogP contribution in [0.1, 0.15) is 32.6 Å². The van der Waals surface area contributed by atoms with Crippen molar-refractivity contribution in [1.29, 1.82) is 0 Å². The Labute approximate surface area is 187 Å². The summed E-state index contributed by atoms with van der Waals surface area (Å²) >= 11 is 3.35. The molecule has 0 aliphatic carbocycles. The van der Waals surface area contributed by atoms with E-state index in [9.17, 15) is 8.42 Å². The van der Waals surface area contributed by atoms with Gasteiger partial charge in [-0.25, -0.2) is 8.42 Å². The Morgan fingerprint density at radius 3 is 2.23 bits per heavy atom. The molecule has 1 unspecified atom stereocenters. The predicted octanol–water partition coefficient (Wildman–Crippen LogP) is 3.52. The highest BCUT2D eigenvalue weighted by atomic mass is 79.9. The number of benzene rings is 1. The quantitative estimate of drug-likeness (QED) is 0.634. The molecular formula is C21H28BrN5O2S. The van der Waals surface area contributed by atoms with Crippen molar-refractivity contribution in [3.05, 3.63) is 40.9 Å². The number of aromatic nitrogens is 2. The van der Waals surface area contributed by atoms with E-state index in [0.717, 1.165) is 29.1 Å². The zero-order chi connectivity index (χ0) is 21.1. The Morgan fingerprint density at radius 2 is 1.60 bits per heavy atom. The van der Waals surface area contributed by atoms with E-state index in [-0.39, 0.29) is 0 Å². The maximum atomic E-state index is 12.9. The molecule has 3 heterocycles. The van der Waals surface area contributed by atoms with Crippen molar-refractivity contribution in [2.45, 2.75) is 43.5 Å². The smallest absolute Gasteiger partial charge is 0.243 e. The molecule has 0 N–H and O–H groups in total. The minimum absolute atomic E-state index is 0.329. The van der Waals surface area contributed by atoms with Crippen LogP contribution in [0.25, 0.3) is 0 Å². The molecule has 2 aliphatic rings. The van der Waals surface area contributed by atoms with E-state index in [1.165, 1.54) is 19.3 Å². The zero-order valence-electron chi connectivity index (χ0n) is 17.2. The van der Waals surface area contributed by atoms with E-state index in [0.29, 0.717) is 37.1 Å². The average molecular weight is 494 g/mol. The van der Waals surface area contributed by atoms with Gasteiger partial charge in [0.15, 0.2) is 11.6 Å². The lowest BCUT2D eigenvalue weighted by atomic mass is 10.0. The first kappa shape index (κ1) is 21.5. The van der Waals surface area contributed by atoms with E-state index in [2.05, 4.69) is 48.9 Å². The minimum atomic E-state index is -3.47. The van der Waals surface area contributed by atoms with Crippen LogP contribution < -0.4 is 9.80 Å². The van der Waals surface area contributed by atoms with Gasteiger partial charge in [0, 0.05) is 43.2 Å². The highest BCUT2D eigenvalue weighted by Gasteiger charge is 2.29. The second-order valence-electron chi connectivity index (χ2n) is 7.85. The van der Waals surface area contributed by atoms with Crippen molar-refractivity contribution in [2.24, 2.45) is 0 Å². The standard InChI is InChI=1S/C21H28BrN5O2S/c1-2-18-5-3-4-12-27(18)21-11-10-20(23-24-21)25-13-15-26(16-14-25)30(28,29)19-8-6-17(22)7-9-19/h6-11,18H,2-5,12-16H2,1H3. The number of hydrogen-bond acceptors (Lipinski definition) is 6. The summed E-state index contributed by atoms with van der Waals surface area (Å²) in [7, 11) is -3.47. The molecular weight excluding hydrogens is 466 g/mol. The molecule has 1 atom stereocenters. The van der Waals surface area contributed by atoms with Crippen molar-refractivity contribution in [2.75, 3.05) is 42.5 Å². The molecule has 0 saturated carbocycles. The maximum absolute atomic E-state index is 12.9. The zero-order valence-corrected chi connectivity index (χ0v) is 19.6. The van der Waals surface area contributed by atoms with Gasteiger partial charge >= 0.3 is 0 Å². The number of rotatable bonds is 5. The van der Waals surface area contributed by atoms with Gasteiger partial charge in [-0.05, 0) is 62.1 Å². The molecule has 4 rings (SSSR count). The summed E-state index contributed by atoms with van der Waals surface area (Å²) in [6.07, 6.45) is 4.83. The third-order valence-electron chi connectivity index (χ3n) is 6.04. The number of hydrogen-bond donors (Lipinski definition) is 0. The molecule has 0 amide bonds. The van der Waals surface area contributed by atoms with Crippen LogP contribution in [0.3, 0.4) is 0 Å². The van der Waals surface area contributed by atoms with Crippen LogP contribution in [0, 0.1) is 0 Å². The van der Waals surface area contributed by atoms with Crippen LogP contribution >= 0.6 is 15.9 Å². The first-order chi connectivity index (χ1) is 14.5. The fraction of sp³-hybridized carbons (Fsp3) is 0.524. The van der Waals surface area contributed by atoms with Crippen molar-refractivity contribution in [3.8, 4) is 0 Å². The minimum Gasteiger partial charge on any atom is -0.352 e. The number of anilines is 2. The Balaban J connectivity index is 1.40. The summed E-state index contributed by atoms with van der Waals surface area (Å²) in [5.74, 6) is 1.76. The van der Waals surface area contributed by atoms with Crippen LogP contribution in [-0.2, 0) is 10.0 Å². The number of sulfonamides is 1. The Kier molecular flexibility index (Phi) is 6.60. The molecule has 0 radical (unpaired) electrons. The molecule has 30 heavy (non-hydrogen) atoms.